The first-order valence-corrected chi connectivity index (χ1v) is 5.61. The molecule has 0 radical (unpaired) electrons. The Balaban J connectivity index is 2.67. The molecule has 0 spiro atoms. The summed E-state index contributed by atoms with van der Waals surface area (Å²) in [4.78, 5) is 18.7. The van der Waals surface area contributed by atoms with Crippen molar-refractivity contribution < 1.29 is 4.92 Å². The molecule has 0 aliphatic rings. The molecule has 0 saturated heterocycles. The van der Waals surface area contributed by atoms with Gasteiger partial charge >= 0.3 is 5.69 Å². The molecule has 0 saturated carbocycles. The van der Waals surface area contributed by atoms with E-state index in [0.717, 1.165) is 11.4 Å². The highest BCUT2D eigenvalue weighted by Gasteiger charge is 2.19. The molecule has 7 heteroatoms. The maximum Gasteiger partial charge on any atom is 0.313 e. The zero-order valence-corrected chi connectivity index (χ0v) is 10.8. The summed E-state index contributed by atoms with van der Waals surface area (Å²) in [5, 5.41) is 11.0. The van der Waals surface area contributed by atoms with Gasteiger partial charge in [-0.15, -0.1) is 0 Å². The second kappa shape index (κ2) is 4.25. The van der Waals surface area contributed by atoms with Gasteiger partial charge in [-0.25, -0.2) is 9.97 Å². The third-order valence-electron chi connectivity index (χ3n) is 2.49. The van der Waals surface area contributed by atoms with Gasteiger partial charge in [-0.05, 0) is 29.8 Å². The van der Waals surface area contributed by atoms with Gasteiger partial charge < -0.3 is 0 Å². The largest absolute Gasteiger partial charge is 0.313 e. The third kappa shape index (κ3) is 2.05. The van der Waals surface area contributed by atoms with Crippen LogP contribution in [-0.4, -0.2) is 19.5 Å². The molecule has 17 heavy (non-hydrogen) atoms. The Morgan fingerprint density at radius 1 is 1.41 bits per heavy atom. The first-order chi connectivity index (χ1) is 8.00. The average molecular weight is 297 g/mol. The fourth-order valence-electron chi connectivity index (χ4n) is 1.45. The maximum absolute atomic E-state index is 11.0. The van der Waals surface area contributed by atoms with Crippen LogP contribution in [0.4, 0.5) is 5.69 Å². The molecule has 88 valence electrons. The molecule has 0 aromatic carbocycles. The summed E-state index contributed by atoms with van der Waals surface area (Å²) < 4.78 is 2.18. The second-order valence-electron chi connectivity index (χ2n) is 3.54. The monoisotopic (exact) mass is 296 g/mol. The van der Waals surface area contributed by atoms with Crippen LogP contribution in [0.5, 0.6) is 0 Å². The highest BCUT2D eigenvalue weighted by Crippen LogP contribution is 2.25. The summed E-state index contributed by atoms with van der Waals surface area (Å²) >= 11 is 3.17. The van der Waals surface area contributed by atoms with Crippen LogP contribution in [0.15, 0.2) is 23.1 Å². The first-order valence-electron chi connectivity index (χ1n) is 4.81. The van der Waals surface area contributed by atoms with Gasteiger partial charge in [-0.1, -0.05) is 0 Å². The fraction of sp³-hybridized carbons (Fsp3) is 0.200. The van der Waals surface area contributed by atoms with Crippen molar-refractivity contribution in [3.8, 4) is 5.82 Å². The van der Waals surface area contributed by atoms with E-state index in [1.807, 2.05) is 13.8 Å². The molecule has 0 N–H and O–H groups in total. The van der Waals surface area contributed by atoms with E-state index in [-0.39, 0.29) is 11.5 Å². The van der Waals surface area contributed by atoms with Crippen LogP contribution in [0, 0.1) is 24.0 Å². The number of hydrogen-bond donors (Lipinski definition) is 0. The van der Waals surface area contributed by atoms with E-state index in [1.54, 1.807) is 4.57 Å². The van der Waals surface area contributed by atoms with Gasteiger partial charge in [0.25, 0.3) is 0 Å². The SMILES string of the molecule is Cc1ncn(-c2ncc(Br)cc2[N+](=O)[O-])c1C. The van der Waals surface area contributed by atoms with E-state index in [0.29, 0.717) is 4.47 Å². The van der Waals surface area contributed by atoms with Gasteiger partial charge in [0.05, 0.1) is 10.6 Å². The van der Waals surface area contributed by atoms with Crippen LogP contribution >= 0.6 is 15.9 Å². The number of imidazole rings is 1. The number of hydrogen-bond acceptors (Lipinski definition) is 4. The van der Waals surface area contributed by atoms with Crippen molar-refractivity contribution in [3.05, 3.63) is 44.6 Å². The van der Waals surface area contributed by atoms with Crippen LogP contribution in [0.25, 0.3) is 5.82 Å². The lowest BCUT2D eigenvalue weighted by Gasteiger charge is -2.05. The van der Waals surface area contributed by atoms with Crippen molar-refractivity contribution in [2.75, 3.05) is 0 Å². The summed E-state index contributed by atoms with van der Waals surface area (Å²) in [5.41, 5.74) is 1.60. The number of pyridine rings is 1. The summed E-state index contributed by atoms with van der Waals surface area (Å²) in [6.07, 6.45) is 3.06. The number of halogens is 1. The van der Waals surface area contributed by atoms with Crippen LogP contribution in [0.2, 0.25) is 0 Å². The average Bonchev–Trinajstić information content (AvgIpc) is 2.60. The molecule has 2 heterocycles. The Bertz CT molecular complexity index is 594. The van der Waals surface area contributed by atoms with Crippen molar-refractivity contribution in [2.45, 2.75) is 13.8 Å². The minimum absolute atomic E-state index is 0.0557. The zero-order chi connectivity index (χ0) is 12.6. The Kier molecular flexibility index (Phi) is 2.93. The lowest BCUT2D eigenvalue weighted by atomic mass is 10.3. The molecule has 0 amide bonds. The summed E-state index contributed by atoms with van der Waals surface area (Å²) in [5.74, 6) is 0.274. The Labute approximate surface area is 106 Å². The smallest absolute Gasteiger partial charge is 0.282 e. The predicted octanol–water partition coefficient (Wildman–Crippen LogP) is 2.55. The van der Waals surface area contributed by atoms with Crippen molar-refractivity contribution in [2.24, 2.45) is 0 Å². The van der Waals surface area contributed by atoms with Crippen molar-refractivity contribution in [3.63, 3.8) is 0 Å². The van der Waals surface area contributed by atoms with Gasteiger partial charge in [0.2, 0.25) is 5.82 Å². The minimum atomic E-state index is -0.456. The van der Waals surface area contributed by atoms with Gasteiger partial charge in [-0.2, -0.15) is 0 Å². The first kappa shape index (κ1) is 11.7. The minimum Gasteiger partial charge on any atom is -0.282 e. The van der Waals surface area contributed by atoms with E-state index >= 15 is 0 Å². The number of nitro groups is 1. The molecular formula is C10H9BrN4O2. The standard InChI is InChI=1S/C10H9BrN4O2/c1-6-7(2)14(5-13-6)10-9(15(16)17)3-8(11)4-12-10/h3-5H,1-2H3. The van der Waals surface area contributed by atoms with Gasteiger partial charge in [0.15, 0.2) is 0 Å². The predicted molar refractivity (Wildman–Crippen MR) is 65.2 cm³/mol. The molecule has 0 fully saturated rings. The summed E-state index contributed by atoms with van der Waals surface area (Å²) in [7, 11) is 0. The molecule has 6 nitrogen and oxygen atoms in total. The van der Waals surface area contributed by atoms with Crippen LogP contribution < -0.4 is 0 Å². The Morgan fingerprint density at radius 3 is 2.65 bits per heavy atom. The molecular weight excluding hydrogens is 288 g/mol. The van der Waals surface area contributed by atoms with Crippen LogP contribution in [0.3, 0.4) is 0 Å². The van der Waals surface area contributed by atoms with Crippen molar-refractivity contribution in [1.82, 2.24) is 14.5 Å². The molecule has 2 aromatic rings. The third-order valence-corrected chi connectivity index (χ3v) is 2.92. The Hall–Kier alpha value is -1.76. The number of aryl methyl sites for hydroxylation is 1. The molecule has 0 aliphatic heterocycles. The fourth-order valence-corrected chi connectivity index (χ4v) is 1.77. The number of nitrogens with zero attached hydrogens (tertiary/aromatic N) is 4. The second-order valence-corrected chi connectivity index (χ2v) is 4.45. The highest BCUT2D eigenvalue weighted by molar-refractivity contribution is 9.10. The Morgan fingerprint density at radius 2 is 2.12 bits per heavy atom. The maximum atomic E-state index is 11.0. The van der Waals surface area contributed by atoms with Crippen LogP contribution in [-0.2, 0) is 0 Å². The van der Waals surface area contributed by atoms with Gasteiger partial charge in [-0.3, -0.25) is 14.7 Å². The van der Waals surface area contributed by atoms with Gasteiger partial charge in [0.1, 0.15) is 6.33 Å². The van der Waals surface area contributed by atoms with E-state index in [2.05, 4.69) is 25.9 Å². The van der Waals surface area contributed by atoms with Crippen LogP contribution in [0.1, 0.15) is 11.4 Å². The lowest BCUT2D eigenvalue weighted by molar-refractivity contribution is -0.384. The topological polar surface area (TPSA) is 73.8 Å². The molecule has 0 atom stereocenters. The molecule has 0 aliphatic carbocycles. The van der Waals surface area contributed by atoms with E-state index in [9.17, 15) is 10.1 Å². The molecule has 2 rings (SSSR count). The highest BCUT2D eigenvalue weighted by atomic mass is 79.9. The number of aromatic nitrogens is 3. The van der Waals surface area contributed by atoms with E-state index < -0.39 is 4.92 Å². The quantitative estimate of drug-likeness (QED) is 0.630. The normalized spacial score (nSPS) is 10.5. The van der Waals surface area contributed by atoms with Crippen molar-refractivity contribution in [1.29, 1.82) is 0 Å². The van der Waals surface area contributed by atoms with Gasteiger partial charge in [0, 0.05) is 22.4 Å². The molecule has 2 aromatic heterocycles. The molecule has 0 bridgehead atoms. The van der Waals surface area contributed by atoms with Crippen molar-refractivity contribution >= 4 is 21.6 Å². The summed E-state index contributed by atoms with van der Waals surface area (Å²) in [6.45, 7) is 3.69. The summed E-state index contributed by atoms with van der Waals surface area (Å²) in [6, 6.07) is 1.43. The molecule has 0 unspecified atom stereocenters. The van der Waals surface area contributed by atoms with E-state index in [4.69, 9.17) is 0 Å². The van der Waals surface area contributed by atoms with E-state index in [1.165, 1.54) is 18.6 Å². The number of rotatable bonds is 2. The lowest BCUT2D eigenvalue weighted by Crippen LogP contribution is -2.03. The zero-order valence-electron chi connectivity index (χ0n) is 9.22.